The first-order chi connectivity index (χ1) is 16.2. The minimum absolute atomic E-state index is 0.103. The van der Waals surface area contributed by atoms with Gasteiger partial charge < -0.3 is 19.7 Å². The second-order valence-corrected chi connectivity index (χ2v) is 9.93. The van der Waals surface area contributed by atoms with Crippen LogP contribution in [0.3, 0.4) is 0 Å². The van der Waals surface area contributed by atoms with Crippen molar-refractivity contribution < 1.29 is 27.5 Å². The summed E-state index contributed by atoms with van der Waals surface area (Å²) in [6.45, 7) is 0.578. The van der Waals surface area contributed by atoms with Crippen LogP contribution in [0.5, 0.6) is 5.75 Å². The fraction of sp³-hybridized carbons (Fsp3) is 0.417. The Balaban J connectivity index is 2.43. The molecule has 10 heteroatoms. The molecule has 0 unspecified atom stereocenters. The minimum atomic E-state index is -3.59. The van der Waals surface area contributed by atoms with Crippen molar-refractivity contribution in [3.05, 3.63) is 65.7 Å². The van der Waals surface area contributed by atoms with Gasteiger partial charge in [0, 0.05) is 33.9 Å². The summed E-state index contributed by atoms with van der Waals surface area (Å²) >= 11 is 0. The molecule has 0 aliphatic carbocycles. The van der Waals surface area contributed by atoms with Crippen molar-refractivity contribution in [2.45, 2.75) is 19.0 Å². The molecule has 0 aliphatic rings. The third-order valence-electron chi connectivity index (χ3n) is 5.26. The molecule has 0 heterocycles. The van der Waals surface area contributed by atoms with Crippen LogP contribution in [-0.4, -0.2) is 76.7 Å². The molecule has 0 aliphatic heterocycles. The number of benzene rings is 2. The maximum Gasteiger partial charge on any atom is 0.247 e. The third kappa shape index (κ3) is 8.12. The Labute approximate surface area is 201 Å². The highest BCUT2D eigenvalue weighted by Crippen LogP contribution is 2.25. The molecule has 2 aromatic carbocycles. The van der Waals surface area contributed by atoms with E-state index in [-0.39, 0.29) is 12.5 Å². The molecule has 2 amide bonds. The monoisotopic (exact) mass is 491 g/mol. The van der Waals surface area contributed by atoms with E-state index >= 15 is 0 Å². The SMILES string of the molecule is COCCCNC(=O)[C@H](c1ccccc1)N(Cc1ccc(OC)cc1)C(=O)CN(C)S(C)(=O)=O. The number of methoxy groups -OCH3 is 2. The number of amides is 2. The van der Waals surface area contributed by atoms with Gasteiger partial charge in [-0.2, -0.15) is 4.31 Å². The molecule has 1 atom stereocenters. The van der Waals surface area contributed by atoms with Crippen LogP contribution in [0.1, 0.15) is 23.6 Å². The first-order valence-electron chi connectivity index (χ1n) is 10.8. The van der Waals surface area contributed by atoms with Crippen LogP contribution in [0.2, 0.25) is 0 Å². The fourth-order valence-corrected chi connectivity index (χ4v) is 3.63. The zero-order valence-corrected chi connectivity index (χ0v) is 20.9. The number of nitrogens with one attached hydrogen (secondary N) is 1. The first kappa shape index (κ1) is 27.3. The lowest BCUT2D eigenvalue weighted by atomic mass is 10.0. The number of hydrogen-bond donors (Lipinski definition) is 1. The summed E-state index contributed by atoms with van der Waals surface area (Å²) in [6.07, 6.45) is 1.65. The van der Waals surface area contributed by atoms with E-state index in [9.17, 15) is 18.0 Å². The van der Waals surface area contributed by atoms with Crippen LogP contribution < -0.4 is 10.1 Å². The molecule has 9 nitrogen and oxygen atoms in total. The van der Waals surface area contributed by atoms with Crippen molar-refractivity contribution in [3.8, 4) is 5.75 Å². The quantitative estimate of drug-likeness (QED) is 0.429. The van der Waals surface area contributed by atoms with E-state index in [0.717, 1.165) is 16.1 Å². The van der Waals surface area contributed by atoms with Crippen LogP contribution >= 0.6 is 0 Å². The van der Waals surface area contributed by atoms with Crippen molar-refractivity contribution in [2.24, 2.45) is 0 Å². The molecule has 34 heavy (non-hydrogen) atoms. The van der Waals surface area contributed by atoms with Gasteiger partial charge in [0.2, 0.25) is 21.8 Å². The van der Waals surface area contributed by atoms with Gasteiger partial charge in [0.15, 0.2) is 0 Å². The summed E-state index contributed by atoms with van der Waals surface area (Å²) < 4.78 is 35.1. The van der Waals surface area contributed by atoms with Crippen molar-refractivity contribution in [3.63, 3.8) is 0 Å². The Hall–Kier alpha value is -2.95. The van der Waals surface area contributed by atoms with E-state index in [2.05, 4.69) is 5.32 Å². The minimum Gasteiger partial charge on any atom is -0.497 e. The molecule has 0 fully saturated rings. The van der Waals surface area contributed by atoms with Gasteiger partial charge in [-0.25, -0.2) is 8.42 Å². The van der Waals surface area contributed by atoms with Gasteiger partial charge in [-0.3, -0.25) is 9.59 Å². The van der Waals surface area contributed by atoms with Gasteiger partial charge in [-0.15, -0.1) is 0 Å². The Kier molecular flexibility index (Phi) is 10.5. The Morgan fingerprint density at radius 3 is 2.24 bits per heavy atom. The largest absolute Gasteiger partial charge is 0.497 e. The molecule has 2 rings (SSSR count). The van der Waals surface area contributed by atoms with Crippen molar-refractivity contribution >= 4 is 21.8 Å². The number of hydrogen-bond acceptors (Lipinski definition) is 6. The van der Waals surface area contributed by atoms with Crippen molar-refractivity contribution in [1.82, 2.24) is 14.5 Å². The Morgan fingerprint density at radius 2 is 1.68 bits per heavy atom. The van der Waals surface area contributed by atoms with Crippen LogP contribution in [0, 0.1) is 0 Å². The van der Waals surface area contributed by atoms with E-state index < -0.39 is 28.5 Å². The van der Waals surface area contributed by atoms with Crippen molar-refractivity contribution in [2.75, 3.05) is 47.2 Å². The number of carbonyl (C=O) groups excluding carboxylic acids is 2. The number of nitrogens with zero attached hydrogens (tertiary/aromatic N) is 2. The maximum absolute atomic E-state index is 13.4. The lowest BCUT2D eigenvalue weighted by molar-refractivity contribution is -0.141. The highest BCUT2D eigenvalue weighted by molar-refractivity contribution is 7.88. The van der Waals surface area contributed by atoms with Crippen molar-refractivity contribution in [1.29, 1.82) is 0 Å². The predicted octanol–water partition coefficient (Wildman–Crippen LogP) is 1.81. The second-order valence-electron chi connectivity index (χ2n) is 7.84. The highest BCUT2D eigenvalue weighted by Gasteiger charge is 2.32. The highest BCUT2D eigenvalue weighted by atomic mass is 32.2. The molecular weight excluding hydrogens is 458 g/mol. The molecule has 0 saturated heterocycles. The number of ether oxygens (including phenoxy) is 2. The molecule has 2 aromatic rings. The first-order valence-corrected chi connectivity index (χ1v) is 12.7. The van der Waals surface area contributed by atoms with Crippen LogP contribution in [-0.2, 0) is 30.9 Å². The Bertz CT molecular complexity index is 1030. The van der Waals surface area contributed by atoms with Crippen LogP contribution in [0.25, 0.3) is 0 Å². The molecule has 1 N–H and O–H groups in total. The zero-order valence-electron chi connectivity index (χ0n) is 20.1. The van der Waals surface area contributed by atoms with Crippen LogP contribution in [0.15, 0.2) is 54.6 Å². The average molecular weight is 492 g/mol. The lowest BCUT2D eigenvalue weighted by Gasteiger charge is -2.32. The summed E-state index contributed by atoms with van der Waals surface area (Å²) in [7, 11) is 0.891. The van der Waals surface area contributed by atoms with Gasteiger partial charge in [0.1, 0.15) is 11.8 Å². The maximum atomic E-state index is 13.4. The summed E-state index contributed by atoms with van der Waals surface area (Å²) in [5.41, 5.74) is 1.39. The second kappa shape index (κ2) is 13.1. The molecule has 0 radical (unpaired) electrons. The van der Waals surface area contributed by atoms with E-state index in [1.54, 1.807) is 62.8 Å². The van der Waals surface area contributed by atoms with E-state index in [4.69, 9.17) is 9.47 Å². The summed E-state index contributed by atoms with van der Waals surface area (Å²) in [6, 6.07) is 15.1. The zero-order chi connectivity index (χ0) is 25.1. The average Bonchev–Trinajstić information content (AvgIpc) is 2.82. The van der Waals surface area contributed by atoms with E-state index in [0.29, 0.717) is 30.9 Å². The standard InChI is InChI=1S/C24H33N3O6S/c1-26(34(4,30)31)18-22(28)27(17-19-11-13-21(33-3)14-12-19)23(20-9-6-5-7-10-20)24(29)25-15-8-16-32-2/h5-7,9-14,23H,8,15-18H2,1-4H3,(H,25,29)/t23-/m0/s1. The number of carbonyl (C=O) groups is 2. The molecule has 0 saturated carbocycles. The van der Waals surface area contributed by atoms with E-state index in [1.165, 1.54) is 11.9 Å². The Morgan fingerprint density at radius 1 is 1.03 bits per heavy atom. The van der Waals surface area contributed by atoms with Gasteiger partial charge in [-0.1, -0.05) is 42.5 Å². The topological polar surface area (TPSA) is 105 Å². The van der Waals surface area contributed by atoms with E-state index in [1.807, 2.05) is 6.07 Å². The molecular formula is C24H33N3O6S. The smallest absolute Gasteiger partial charge is 0.247 e. The molecule has 186 valence electrons. The number of likely N-dealkylation sites (N-methyl/N-ethyl adjacent to an activating group) is 1. The number of sulfonamides is 1. The predicted molar refractivity (Wildman–Crippen MR) is 130 cm³/mol. The summed E-state index contributed by atoms with van der Waals surface area (Å²) in [4.78, 5) is 28.2. The van der Waals surface area contributed by atoms with Gasteiger partial charge in [0.25, 0.3) is 0 Å². The molecule has 0 spiro atoms. The number of rotatable bonds is 13. The third-order valence-corrected chi connectivity index (χ3v) is 6.52. The van der Waals surface area contributed by atoms with Gasteiger partial charge >= 0.3 is 0 Å². The van der Waals surface area contributed by atoms with Crippen LogP contribution in [0.4, 0.5) is 0 Å². The molecule has 0 bridgehead atoms. The normalized spacial score (nSPS) is 12.3. The van der Waals surface area contributed by atoms with Gasteiger partial charge in [-0.05, 0) is 29.7 Å². The fourth-order valence-electron chi connectivity index (χ4n) is 3.28. The summed E-state index contributed by atoms with van der Waals surface area (Å²) in [5, 5.41) is 2.87. The van der Waals surface area contributed by atoms with Gasteiger partial charge in [0.05, 0.1) is 19.9 Å². The summed E-state index contributed by atoms with van der Waals surface area (Å²) in [5.74, 6) is -0.190. The molecule has 0 aromatic heterocycles. The lowest BCUT2D eigenvalue weighted by Crippen LogP contribution is -2.47.